The number of thioether (sulfide) groups is 1. The number of carbonyl (C=O) groups is 1. The number of nitro groups is 1. The van der Waals surface area contributed by atoms with Gasteiger partial charge in [-0.2, -0.15) is 11.8 Å². The van der Waals surface area contributed by atoms with Crippen molar-refractivity contribution in [1.82, 2.24) is 5.32 Å². The molecule has 1 aromatic rings. The zero-order valence-electron chi connectivity index (χ0n) is 11.4. The molecule has 0 bridgehead atoms. The van der Waals surface area contributed by atoms with Crippen molar-refractivity contribution in [3.8, 4) is 0 Å². The number of amides is 1. The quantitative estimate of drug-likeness (QED) is 0.477. The van der Waals surface area contributed by atoms with Crippen LogP contribution in [-0.2, 0) is 0 Å². The number of carbonyl (C=O) groups excluding carboxylic acids is 1. The summed E-state index contributed by atoms with van der Waals surface area (Å²) in [5.41, 5.74) is -0.468. The van der Waals surface area contributed by atoms with Gasteiger partial charge in [0, 0.05) is 18.7 Å². The second kappa shape index (κ2) is 7.84. The van der Waals surface area contributed by atoms with Crippen molar-refractivity contribution in [2.75, 3.05) is 18.6 Å². The third-order valence-corrected chi connectivity index (χ3v) is 3.45. The van der Waals surface area contributed by atoms with Crippen molar-refractivity contribution < 1.29 is 14.1 Å². The van der Waals surface area contributed by atoms with E-state index in [0.717, 1.165) is 30.7 Å². The molecule has 0 saturated carbocycles. The zero-order chi connectivity index (χ0) is 15.1. The van der Waals surface area contributed by atoms with Gasteiger partial charge >= 0.3 is 0 Å². The van der Waals surface area contributed by atoms with Gasteiger partial charge in [0.05, 0.1) is 10.5 Å². The van der Waals surface area contributed by atoms with Gasteiger partial charge in [0.1, 0.15) is 5.82 Å². The van der Waals surface area contributed by atoms with Gasteiger partial charge in [0.2, 0.25) is 0 Å². The lowest BCUT2D eigenvalue weighted by Gasteiger charge is -2.07. The fraction of sp³-hybridized carbons (Fsp3) is 0.462. The highest BCUT2D eigenvalue weighted by Gasteiger charge is 2.19. The van der Waals surface area contributed by atoms with Crippen LogP contribution in [0.3, 0.4) is 0 Å². The molecule has 0 aliphatic carbocycles. The smallest absolute Gasteiger partial charge is 0.270 e. The number of benzene rings is 1. The standard InChI is InChI=1S/C13H17FN2O3S/c1-9-7-10(16(18)19)8-11(12(9)14)13(17)15-5-3-4-6-20-2/h7-8H,3-6H2,1-2H3,(H,15,17). The van der Waals surface area contributed by atoms with Crippen LogP contribution in [0, 0.1) is 22.9 Å². The largest absolute Gasteiger partial charge is 0.352 e. The zero-order valence-corrected chi connectivity index (χ0v) is 12.3. The minimum atomic E-state index is -0.711. The molecule has 0 saturated heterocycles. The predicted octanol–water partition coefficient (Wildman–Crippen LogP) is 2.92. The number of nitrogens with one attached hydrogen (secondary N) is 1. The normalized spacial score (nSPS) is 10.3. The van der Waals surface area contributed by atoms with E-state index in [1.807, 2.05) is 6.26 Å². The molecule has 110 valence electrons. The Bertz CT molecular complexity index is 509. The van der Waals surface area contributed by atoms with Crippen LogP contribution in [0.15, 0.2) is 12.1 Å². The summed E-state index contributed by atoms with van der Waals surface area (Å²) in [4.78, 5) is 21.9. The summed E-state index contributed by atoms with van der Waals surface area (Å²) in [5.74, 6) is -0.323. The van der Waals surface area contributed by atoms with Gasteiger partial charge < -0.3 is 5.32 Å². The first-order valence-corrected chi connectivity index (χ1v) is 7.58. The van der Waals surface area contributed by atoms with Gasteiger partial charge in [-0.1, -0.05) is 0 Å². The van der Waals surface area contributed by atoms with Crippen LogP contribution in [0.4, 0.5) is 10.1 Å². The van der Waals surface area contributed by atoms with Crippen LogP contribution < -0.4 is 5.32 Å². The average molecular weight is 300 g/mol. The van der Waals surface area contributed by atoms with Gasteiger partial charge in [-0.15, -0.1) is 0 Å². The number of hydrogen-bond acceptors (Lipinski definition) is 4. The molecular weight excluding hydrogens is 283 g/mol. The van der Waals surface area contributed by atoms with Crippen molar-refractivity contribution >= 4 is 23.4 Å². The minimum Gasteiger partial charge on any atom is -0.352 e. The first-order chi connectivity index (χ1) is 9.47. The molecule has 1 aromatic carbocycles. The number of nitro benzene ring substituents is 1. The molecule has 0 spiro atoms. The highest BCUT2D eigenvalue weighted by Crippen LogP contribution is 2.20. The summed E-state index contributed by atoms with van der Waals surface area (Å²) in [6.45, 7) is 1.83. The second-order valence-electron chi connectivity index (χ2n) is 4.34. The van der Waals surface area contributed by atoms with E-state index in [9.17, 15) is 19.3 Å². The second-order valence-corrected chi connectivity index (χ2v) is 5.32. The van der Waals surface area contributed by atoms with Crippen LogP contribution in [0.5, 0.6) is 0 Å². The van der Waals surface area contributed by atoms with E-state index < -0.39 is 16.6 Å². The van der Waals surface area contributed by atoms with Crippen molar-refractivity contribution in [2.24, 2.45) is 0 Å². The summed E-state index contributed by atoms with van der Waals surface area (Å²) in [6.07, 6.45) is 3.75. The third kappa shape index (κ3) is 4.48. The molecule has 1 rings (SSSR count). The number of nitrogens with zero attached hydrogens (tertiary/aromatic N) is 1. The number of hydrogen-bond donors (Lipinski definition) is 1. The molecule has 0 fully saturated rings. The Kier molecular flexibility index (Phi) is 6.44. The lowest BCUT2D eigenvalue weighted by Crippen LogP contribution is -2.25. The molecule has 7 heteroatoms. The van der Waals surface area contributed by atoms with Crippen LogP contribution >= 0.6 is 11.8 Å². The maximum Gasteiger partial charge on any atom is 0.270 e. The number of aryl methyl sites for hydroxylation is 1. The monoisotopic (exact) mass is 300 g/mol. The van der Waals surface area contributed by atoms with Gasteiger partial charge in [0.25, 0.3) is 11.6 Å². The molecule has 5 nitrogen and oxygen atoms in total. The van der Waals surface area contributed by atoms with Crippen LogP contribution in [0.25, 0.3) is 0 Å². The summed E-state index contributed by atoms with van der Waals surface area (Å²) < 4.78 is 13.8. The minimum absolute atomic E-state index is 0.0896. The molecule has 0 atom stereocenters. The highest BCUT2D eigenvalue weighted by molar-refractivity contribution is 7.98. The number of non-ortho nitro benzene ring substituents is 1. The van der Waals surface area contributed by atoms with E-state index in [2.05, 4.69) is 5.32 Å². The third-order valence-electron chi connectivity index (χ3n) is 2.76. The molecular formula is C13H17FN2O3S. The molecule has 20 heavy (non-hydrogen) atoms. The fourth-order valence-corrected chi connectivity index (χ4v) is 2.18. The van der Waals surface area contributed by atoms with Crippen LogP contribution in [0.1, 0.15) is 28.8 Å². The Morgan fingerprint density at radius 2 is 2.15 bits per heavy atom. The fourth-order valence-electron chi connectivity index (χ4n) is 1.69. The first kappa shape index (κ1) is 16.4. The van der Waals surface area contributed by atoms with Crippen molar-refractivity contribution in [3.63, 3.8) is 0 Å². The predicted molar refractivity (Wildman–Crippen MR) is 77.7 cm³/mol. The van der Waals surface area contributed by atoms with Crippen molar-refractivity contribution in [3.05, 3.63) is 39.2 Å². The van der Waals surface area contributed by atoms with Crippen molar-refractivity contribution in [1.29, 1.82) is 0 Å². The van der Waals surface area contributed by atoms with Gasteiger partial charge in [-0.3, -0.25) is 14.9 Å². The maximum absolute atomic E-state index is 13.8. The molecule has 1 amide bonds. The number of halogens is 1. The maximum atomic E-state index is 13.8. The molecule has 0 aromatic heterocycles. The Hall–Kier alpha value is -1.63. The lowest BCUT2D eigenvalue weighted by molar-refractivity contribution is -0.385. The van der Waals surface area contributed by atoms with E-state index in [0.29, 0.717) is 6.54 Å². The summed E-state index contributed by atoms with van der Waals surface area (Å²) in [6, 6.07) is 2.09. The Balaban J connectivity index is 2.74. The SMILES string of the molecule is CSCCCCNC(=O)c1cc([N+](=O)[O-])cc(C)c1F. The summed E-state index contributed by atoms with van der Waals surface area (Å²) in [7, 11) is 0. The summed E-state index contributed by atoms with van der Waals surface area (Å²) >= 11 is 1.72. The van der Waals surface area contributed by atoms with Crippen molar-refractivity contribution in [2.45, 2.75) is 19.8 Å². The van der Waals surface area contributed by atoms with Crippen LogP contribution in [-0.4, -0.2) is 29.4 Å². The van der Waals surface area contributed by atoms with E-state index in [1.54, 1.807) is 11.8 Å². The van der Waals surface area contributed by atoms with E-state index in [-0.39, 0.29) is 16.8 Å². The molecule has 0 aliphatic rings. The lowest BCUT2D eigenvalue weighted by atomic mass is 10.1. The molecule has 1 N–H and O–H groups in total. The van der Waals surface area contributed by atoms with Gasteiger partial charge in [-0.25, -0.2) is 4.39 Å². The summed E-state index contributed by atoms with van der Waals surface area (Å²) in [5, 5.41) is 13.3. The molecule has 0 unspecified atom stereocenters. The average Bonchev–Trinajstić information content (AvgIpc) is 2.41. The first-order valence-electron chi connectivity index (χ1n) is 6.19. The molecule has 0 heterocycles. The van der Waals surface area contributed by atoms with E-state index in [1.165, 1.54) is 6.92 Å². The van der Waals surface area contributed by atoms with E-state index >= 15 is 0 Å². The topological polar surface area (TPSA) is 72.2 Å². The van der Waals surface area contributed by atoms with Gasteiger partial charge in [-0.05, 0) is 37.3 Å². The highest BCUT2D eigenvalue weighted by atomic mass is 32.2. The molecule has 0 aliphatic heterocycles. The van der Waals surface area contributed by atoms with Crippen LogP contribution in [0.2, 0.25) is 0 Å². The van der Waals surface area contributed by atoms with Gasteiger partial charge in [0.15, 0.2) is 0 Å². The Morgan fingerprint density at radius 1 is 1.45 bits per heavy atom. The number of rotatable bonds is 7. The van der Waals surface area contributed by atoms with E-state index in [4.69, 9.17) is 0 Å². The molecule has 0 radical (unpaired) electrons. The number of unbranched alkanes of at least 4 members (excludes halogenated alkanes) is 1. The Labute approximate surface area is 121 Å². The Morgan fingerprint density at radius 3 is 2.75 bits per heavy atom.